The number of thiazole rings is 1. The first-order valence-electron chi connectivity index (χ1n) is 8.23. The number of nitrogens with zero attached hydrogens (tertiary/aromatic N) is 3. The van der Waals surface area contributed by atoms with E-state index in [1.165, 1.54) is 22.9 Å². The smallest absolute Gasteiger partial charge is 0.277 e. The third-order valence-corrected chi connectivity index (χ3v) is 5.87. The van der Waals surface area contributed by atoms with Gasteiger partial charge in [0.05, 0.1) is 5.69 Å². The number of hydrogen-bond acceptors (Lipinski definition) is 6. The number of hydrogen-bond donors (Lipinski definition) is 0. The van der Waals surface area contributed by atoms with Gasteiger partial charge in [0.1, 0.15) is 5.01 Å². The molecule has 0 radical (unpaired) electrons. The Balaban J connectivity index is 1.44. The van der Waals surface area contributed by atoms with Crippen LogP contribution < -0.4 is 0 Å². The molecule has 0 aliphatic heterocycles. The van der Waals surface area contributed by atoms with Crippen molar-refractivity contribution in [2.75, 3.05) is 0 Å². The lowest BCUT2D eigenvalue weighted by molar-refractivity contribution is 0.466. The van der Waals surface area contributed by atoms with Crippen LogP contribution in [0.1, 0.15) is 16.8 Å². The highest BCUT2D eigenvalue weighted by Crippen LogP contribution is 2.29. The standard InChI is InChI=1S/C20H17N3OS2/c1-13-8-9-16(10-14(13)2)18-22-23-20(24-18)26-12-17-11-25-19(21-17)15-6-4-3-5-7-15/h3-11H,12H2,1-2H3. The lowest BCUT2D eigenvalue weighted by Crippen LogP contribution is -1.83. The zero-order valence-corrected chi connectivity index (χ0v) is 16.1. The Morgan fingerprint density at radius 1 is 0.962 bits per heavy atom. The van der Waals surface area contributed by atoms with Gasteiger partial charge < -0.3 is 4.42 Å². The molecule has 4 nitrogen and oxygen atoms in total. The SMILES string of the molecule is Cc1ccc(-c2nnc(SCc3csc(-c4ccccc4)n3)o2)cc1C. The fraction of sp³-hybridized carbons (Fsp3) is 0.150. The monoisotopic (exact) mass is 379 g/mol. The van der Waals surface area contributed by atoms with Gasteiger partial charge in [-0.3, -0.25) is 0 Å². The molecule has 0 spiro atoms. The molecule has 2 heterocycles. The number of thioether (sulfide) groups is 1. The molecule has 0 unspecified atom stereocenters. The second-order valence-electron chi connectivity index (χ2n) is 5.97. The first-order chi connectivity index (χ1) is 12.7. The molecule has 2 aromatic carbocycles. The number of aromatic nitrogens is 3. The zero-order chi connectivity index (χ0) is 17.9. The molecule has 0 atom stereocenters. The van der Waals surface area contributed by atoms with Crippen LogP contribution in [0.25, 0.3) is 22.0 Å². The maximum absolute atomic E-state index is 5.79. The second-order valence-corrected chi connectivity index (χ2v) is 7.76. The molecule has 0 aliphatic carbocycles. The molecule has 4 aromatic rings. The molecule has 0 bridgehead atoms. The molecular formula is C20H17N3OS2. The molecule has 130 valence electrons. The first-order valence-corrected chi connectivity index (χ1v) is 10.1. The topological polar surface area (TPSA) is 51.8 Å². The van der Waals surface area contributed by atoms with E-state index in [0.717, 1.165) is 21.8 Å². The van der Waals surface area contributed by atoms with Crippen molar-refractivity contribution in [2.45, 2.75) is 24.8 Å². The average molecular weight is 380 g/mol. The van der Waals surface area contributed by atoms with Crippen molar-refractivity contribution >= 4 is 23.1 Å². The fourth-order valence-corrected chi connectivity index (χ4v) is 4.07. The number of rotatable bonds is 5. The summed E-state index contributed by atoms with van der Waals surface area (Å²) in [5, 5.41) is 12.0. The lowest BCUT2D eigenvalue weighted by atomic mass is 10.1. The predicted octanol–water partition coefficient (Wildman–Crippen LogP) is 5.77. The Hall–Kier alpha value is -2.44. The number of aryl methyl sites for hydroxylation is 2. The molecule has 2 aromatic heterocycles. The summed E-state index contributed by atoms with van der Waals surface area (Å²) < 4.78 is 5.79. The van der Waals surface area contributed by atoms with Gasteiger partial charge in [0.15, 0.2) is 0 Å². The van der Waals surface area contributed by atoms with Crippen LogP contribution in [0.3, 0.4) is 0 Å². The molecule has 0 aliphatic rings. The van der Waals surface area contributed by atoms with E-state index in [1.807, 2.05) is 24.3 Å². The van der Waals surface area contributed by atoms with Crippen LogP contribution >= 0.6 is 23.1 Å². The Bertz CT molecular complexity index is 1020. The summed E-state index contributed by atoms with van der Waals surface area (Å²) in [7, 11) is 0. The Kier molecular flexibility index (Phi) is 4.86. The van der Waals surface area contributed by atoms with Gasteiger partial charge in [0.2, 0.25) is 5.89 Å². The summed E-state index contributed by atoms with van der Waals surface area (Å²) in [6.45, 7) is 4.17. The average Bonchev–Trinajstić information content (AvgIpc) is 3.32. The van der Waals surface area contributed by atoms with Crippen molar-refractivity contribution < 1.29 is 4.42 Å². The molecule has 26 heavy (non-hydrogen) atoms. The van der Waals surface area contributed by atoms with Crippen molar-refractivity contribution in [1.29, 1.82) is 0 Å². The quantitative estimate of drug-likeness (QED) is 0.412. The van der Waals surface area contributed by atoms with Gasteiger partial charge in [0, 0.05) is 22.3 Å². The highest BCUT2D eigenvalue weighted by atomic mass is 32.2. The normalized spacial score (nSPS) is 11.0. The Labute approximate surface area is 160 Å². The van der Waals surface area contributed by atoms with Crippen molar-refractivity contribution in [3.8, 4) is 22.0 Å². The van der Waals surface area contributed by atoms with Gasteiger partial charge in [-0.05, 0) is 37.1 Å². The summed E-state index contributed by atoms with van der Waals surface area (Å²) in [5.41, 5.74) is 5.58. The maximum atomic E-state index is 5.79. The molecule has 0 amide bonds. The van der Waals surface area contributed by atoms with Crippen LogP contribution in [0.5, 0.6) is 0 Å². The van der Waals surface area contributed by atoms with E-state index in [0.29, 0.717) is 16.9 Å². The van der Waals surface area contributed by atoms with Gasteiger partial charge in [-0.1, -0.05) is 48.2 Å². The van der Waals surface area contributed by atoms with Crippen molar-refractivity contribution in [2.24, 2.45) is 0 Å². The summed E-state index contributed by atoms with van der Waals surface area (Å²) >= 11 is 3.16. The number of benzene rings is 2. The van der Waals surface area contributed by atoms with Crippen molar-refractivity contribution in [1.82, 2.24) is 15.2 Å². The van der Waals surface area contributed by atoms with Gasteiger partial charge in [-0.2, -0.15) is 0 Å². The Morgan fingerprint density at radius 2 is 1.81 bits per heavy atom. The highest BCUT2D eigenvalue weighted by molar-refractivity contribution is 7.98. The van der Waals surface area contributed by atoms with Crippen LogP contribution in [-0.2, 0) is 5.75 Å². The summed E-state index contributed by atoms with van der Waals surface area (Å²) in [4.78, 5) is 4.69. The van der Waals surface area contributed by atoms with E-state index in [-0.39, 0.29) is 0 Å². The zero-order valence-electron chi connectivity index (χ0n) is 14.5. The third kappa shape index (κ3) is 3.71. The first kappa shape index (κ1) is 17.0. The minimum Gasteiger partial charge on any atom is -0.411 e. The van der Waals surface area contributed by atoms with Gasteiger partial charge >= 0.3 is 0 Å². The van der Waals surface area contributed by atoms with Crippen LogP contribution in [0.2, 0.25) is 0 Å². The van der Waals surface area contributed by atoms with Gasteiger partial charge in [0.25, 0.3) is 5.22 Å². The Morgan fingerprint density at radius 3 is 2.62 bits per heavy atom. The predicted molar refractivity (Wildman–Crippen MR) is 106 cm³/mol. The second kappa shape index (κ2) is 7.43. The van der Waals surface area contributed by atoms with Crippen LogP contribution in [0.4, 0.5) is 0 Å². The van der Waals surface area contributed by atoms with E-state index in [9.17, 15) is 0 Å². The molecule has 0 saturated heterocycles. The van der Waals surface area contributed by atoms with E-state index in [2.05, 4.69) is 58.7 Å². The summed E-state index contributed by atoms with van der Waals surface area (Å²) in [6.07, 6.45) is 0. The highest BCUT2D eigenvalue weighted by Gasteiger charge is 2.11. The van der Waals surface area contributed by atoms with Gasteiger partial charge in [-0.15, -0.1) is 21.5 Å². The van der Waals surface area contributed by atoms with Gasteiger partial charge in [-0.25, -0.2) is 4.98 Å². The third-order valence-electron chi connectivity index (χ3n) is 4.08. The molecule has 4 rings (SSSR count). The largest absolute Gasteiger partial charge is 0.411 e. The summed E-state index contributed by atoms with van der Waals surface area (Å²) in [6, 6.07) is 16.4. The minimum absolute atomic E-state index is 0.554. The minimum atomic E-state index is 0.554. The molecule has 6 heteroatoms. The molecular weight excluding hydrogens is 362 g/mol. The molecule has 0 saturated carbocycles. The van der Waals surface area contributed by atoms with Crippen molar-refractivity contribution in [3.63, 3.8) is 0 Å². The summed E-state index contributed by atoms with van der Waals surface area (Å²) in [5.74, 6) is 1.26. The lowest BCUT2D eigenvalue weighted by Gasteiger charge is -2.00. The molecule has 0 N–H and O–H groups in total. The van der Waals surface area contributed by atoms with Crippen LogP contribution in [0.15, 0.2) is 63.6 Å². The van der Waals surface area contributed by atoms with Crippen LogP contribution in [-0.4, -0.2) is 15.2 Å². The van der Waals surface area contributed by atoms with Crippen LogP contribution in [0, 0.1) is 13.8 Å². The maximum Gasteiger partial charge on any atom is 0.277 e. The molecule has 0 fully saturated rings. The van der Waals surface area contributed by atoms with E-state index >= 15 is 0 Å². The van der Waals surface area contributed by atoms with E-state index < -0.39 is 0 Å². The van der Waals surface area contributed by atoms with Crippen molar-refractivity contribution in [3.05, 3.63) is 70.7 Å². The fourth-order valence-electron chi connectivity index (χ4n) is 2.48. The van der Waals surface area contributed by atoms with E-state index in [4.69, 9.17) is 4.42 Å². The van der Waals surface area contributed by atoms with E-state index in [1.54, 1.807) is 11.3 Å².